The molecule has 0 spiro atoms. The quantitative estimate of drug-likeness (QED) is 0.502. The van der Waals surface area contributed by atoms with E-state index in [4.69, 9.17) is 0 Å². The number of hydrogen-bond acceptors (Lipinski definition) is 4. The van der Waals surface area contributed by atoms with Gasteiger partial charge in [-0.05, 0) is 70.7 Å². The number of aryl methyl sites for hydroxylation is 3. The molecule has 0 heterocycles. The van der Waals surface area contributed by atoms with Crippen molar-refractivity contribution in [1.82, 2.24) is 10.2 Å². The first-order valence-corrected chi connectivity index (χ1v) is 13.8. The molecule has 0 radical (unpaired) electrons. The second kappa shape index (κ2) is 12.2. The molecule has 0 aromatic heterocycles. The van der Waals surface area contributed by atoms with Gasteiger partial charge >= 0.3 is 0 Å². The van der Waals surface area contributed by atoms with Gasteiger partial charge in [0, 0.05) is 25.6 Å². The van der Waals surface area contributed by atoms with Crippen LogP contribution in [0.5, 0.6) is 0 Å². The summed E-state index contributed by atoms with van der Waals surface area (Å²) in [5.41, 5.74) is 4.46. The van der Waals surface area contributed by atoms with Crippen LogP contribution in [0.25, 0.3) is 0 Å². The zero-order valence-electron chi connectivity index (χ0n) is 22.0. The number of hydrogen-bond donors (Lipinski definition) is 1. The van der Waals surface area contributed by atoms with E-state index in [9.17, 15) is 18.0 Å². The summed E-state index contributed by atoms with van der Waals surface area (Å²) in [5.74, 6) is -0.401. The Bertz CT molecular complexity index is 1140. The average Bonchev–Trinajstić information content (AvgIpc) is 2.75. The van der Waals surface area contributed by atoms with Gasteiger partial charge in [0.15, 0.2) is 0 Å². The third kappa shape index (κ3) is 8.38. The van der Waals surface area contributed by atoms with E-state index in [0.29, 0.717) is 18.7 Å². The lowest BCUT2D eigenvalue weighted by atomic mass is 10.1. The van der Waals surface area contributed by atoms with Crippen LogP contribution in [0, 0.1) is 20.8 Å². The number of benzene rings is 2. The SMILES string of the molecule is Cc1cccc(CN(C(=O)CCCN(c2cc(C)ccc2C)S(C)(=O)=O)[C@H](C)C(=O)NC(C)C)c1. The summed E-state index contributed by atoms with van der Waals surface area (Å²) < 4.78 is 26.5. The van der Waals surface area contributed by atoms with Gasteiger partial charge in [0.2, 0.25) is 21.8 Å². The van der Waals surface area contributed by atoms with E-state index in [-0.39, 0.29) is 30.8 Å². The van der Waals surface area contributed by atoms with Crippen LogP contribution in [-0.2, 0) is 26.2 Å². The standard InChI is InChI=1S/C27H39N3O4S/c1-19(2)28-27(32)23(6)29(18-24-11-8-10-20(3)16-24)26(31)12-9-15-30(35(7,33)34)25-17-21(4)13-14-22(25)5/h8,10-11,13-14,16-17,19,23H,9,12,15,18H2,1-7H3,(H,28,32)/t23-/m1/s1. The van der Waals surface area contributed by atoms with E-state index in [2.05, 4.69) is 5.32 Å². The molecule has 2 aromatic rings. The molecule has 2 rings (SSSR count). The van der Waals surface area contributed by atoms with E-state index in [1.54, 1.807) is 11.8 Å². The fourth-order valence-corrected chi connectivity index (χ4v) is 4.98. The van der Waals surface area contributed by atoms with Gasteiger partial charge in [-0.25, -0.2) is 8.42 Å². The van der Waals surface area contributed by atoms with Crippen LogP contribution < -0.4 is 9.62 Å². The van der Waals surface area contributed by atoms with Crippen molar-refractivity contribution in [3.05, 3.63) is 64.7 Å². The van der Waals surface area contributed by atoms with Gasteiger partial charge in [0.05, 0.1) is 11.9 Å². The van der Waals surface area contributed by atoms with Crippen molar-refractivity contribution in [3.8, 4) is 0 Å². The number of amides is 2. The summed E-state index contributed by atoms with van der Waals surface area (Å²) in [7, 11) is -3.53. The third-order valence-corrected chi connectivity index (χ3v) is 7.00. The Morgan fingerprint density at radius 1 is 0.971 bits per heavy atom. The molecule has 0 saturated carbocycles. The summed E-state index contributed by atoms with van der Waals surface area (Å²) in [6.45, 7) is 11.7. The summed E-state index contributed by atoms with van der Waals surface area (Å²) >= 11 is 0. The zero-order chi connectivity index (χ0) is 26.3. The van der Waals surface area contributed by atoms with Gasteiger partial charge in [-0.15, -0.1) is 0 Å². The number of nitrogens with one attached hydrogen (secondary N) is 1. The van der Waals surface area contributed by atoms with Crippen molar-refractivity contribution in [2.24, 2.45) is 0 Å². The second-order valence-electron chi connectivity index (χ2n) is 9.58. The van der Waals surface area contributed by atoms with E-state index in [1.165, 1.54) is 10.6 Å². The summed E-state index contributed by atoms with van der Waals surface area (Å²) in [4.78, 5) is 27.6. The molecule has 192 valence electrons. The molecule has 0 aliphatic heterocycles. The molecule has 2 aromatic carbocycles. The van der Waals surface area contributed by atoms with Crippen molar-refractivity contribution < 1.29 is 18.0 Å². The molecule has 0 aliphatic rings. The summed E-state index contributed by atoms with van der Waals surface area (Å²) in [6.07, 6.45) is 1.64. The Hall–Kier alpha value is -2.87. The lowest BCUT2D eigenvalue weighted by Gasteiger charge is -2.30. The number of sulfonamides is 1. The molecule has 7 nitrogen and oxygen atoms in total. The van der Waals surface area contributed by atoms with Crippen LogP contribution in [0.4, 0.5) is 5.69 Å². The smallest absolute Gasteiger partial charge is 0.242 e. The minimum atomic E-state index is -3.53. The van der Waals surface area contributed by atoms with Crippen LogP contribution in [0.3, 0.4) is 0 Å². The summed E-state index contributed by atoms with van der Waals surface area (Å²) in [6, 6.07) is 12.8. The highest BCUT2D eigenvalue weighted by atomic mass is 32.2. The number of anilines is 1. The highest BCUT2D eigenvalue weighted by molar-refractivity contribution is 7.92. The van der Waals surface area contributed by atoms with Crippen molar-refractivity contribution in [1.29, 1.82) is 0 Å². The predicted octanol–water partition coefficient (Wildman–Crippen LogP) is 4.10. The lowest BCUT2D eigenvalue weighted by molar-refractivity contribution is -0.140. The Kier molecular flexibility index (Phi) is 9.89. The third-order valence-electron chi connectivity index (χ3n) is 5.82. The largest absolute Gasteiger partial charge is 0.352 e. The molecule has 0 saturated heterocycles. The molecule has 0 unspecified atom stereocenters. The molecule has 0 bridgehead atoms. The zero-order valence-corrected chi connectivity index (χ0v) is 22.8. The van der Waals surface area contributed by atoms with Gasteiger partial charge in [-0.1, -0.05) is 42.0 Å². The number of carbonyl (C=O) groups is 2. The number of carbonyl (C=O) groups excluding carboxylic acids is 2. The van der Waals surface area contributed by atoms with Gasteiger partial charge in [0.1, 0.15) is 6.04 Å². The van der Waals surface area contributed by atoms with Crippen LogP contribution in [-0.4, -0.2) is 50.0 Å². The van der Waals surface area contributed by atoms with E-state index >= 15 is 0 Å². The maximum Gasteiger partial charge on any atom is 0.242 e. The second-order valence-corrected chi connectivity index (χ2v) is 11.5. The first-order chi connectivity index (χ1) is 16.3. The summed E-state index contributed by atoms with van der Waals surface area (Å²) in [5, 5.41) is 2.88. The predicted molar refractivity (Wildman–Crippen MR) is 142 cm³/mol. The minimum absolute atomic E-state index is 0.0400. The lowest BCUT2D eigenvalue weighted by Crippen LogP contribution is -2.49. The monoisotopic (exact) mass is 501 g/mol. The molecule has 2 amide bonds. The highest BCUT2D eigenvalue weighted by Gasteiger charge is 2.27. The Balaban J connectivity index is 2.21. The maximum absolute atomic E-state index is 13.3. The highest BCUT2D eigenvalue weighted by Crippen LogP contribution is 2.24. The molecule has 1 N–H and O–H groups in total. The Morgan fingerprint density at radius 2 is 1.63 bits per heavy atom. The molecule has 0 aliphatic carbocycles. The molecular weight excluding hydrogens is 462 g/mol. The normalized spacial score (nSPS) is 12.3. The molecule has 35 heavy (non-hydrogen) atoms. The van der Waals surface area contributed by atoms with Crippen molar-refractivity contribution in [2.75, 3.05) is 17.1 Å². The van der Waals surface area contributed by atoms with Gasteiger partial charge in [0.25, 0.3) is 0 Å². The van der Waals surface area contributed by atoms with Crippen molar-refractivity contribution >= 4 is 27.5 Å². The number of rotatable bonds is 11. The van der Waals surface area contributed by atoms with Crippen LogP contribution in [0.15, 0.2) is 42.5 Å². The van der Waals surface area contributed by atoms with Crippen LogP contribution in [0.1, 0.15) is 55.9 Å². The maximum atomic E-state index is 13.3. The molecular formula is C27H39N3O4S. The van der Waals surface area contributed by atoms with Crippen molar-refractivity contribution in [2.45, 2.75) is 73.0 Å². The first-order valence-electron chi connectivity index (χ1n) is 12.0. The fraction of sp³-hybridized carbons (Fsp3) is 0.481. The van der Waals surface area contributed by atoms with Gasteiger partial charge < -0.3 is 10.2 Å². The fourth-order valence-electron chi connectivity index (χ4n) is 3.97. The first kappa shape index (κ1) is 28.4. The topological polar surface area (TPSA) is 86.8 Å². The van der Waals surface area contributed by atoms with Crippen LogP contribution >= 0.6 is 0 Å². The molecule has 8 heteroatoms. The Morgan fingerprint density at radius 3 is 2.23 bits per heavy atom. The molecule has 1 atom stereocenters. The average molecular weight is 502 g/mol. The number of nitrogens with zero attached hydrogens (tertiary/aromatic N) is 2. The molecule has 0 fully saturated rings. The van der Waals surface area contributed by atoms with Gasteiger partial charge in [-0.3, -0.25) is 13.9 Å². The van der Waals surface area contributed by atoms with E-state index < -0.39 is 16.1 Å². The van der Waals surface area contributed by atoms with E-state index in [0.717, 1.165) is 22.3 Å². The van der Waals surface area contributed by atoms with E-state index in [1.807, 2.05) is 77.1 Å². The minimum Gasteiger partial charge on any atom is -0.352 e. The van der Waals surface area contributed by atoms with Crippen LogP contribution in [0.2, 0.25) is 0 Å². The van der Waals surface area contributed by atoms with Gasteiger partial charge in [-0.2, -0.15) is 0 Å². The van der Waals surface area contributed by atoms with Crippen molar-refractivity contribution in [3.63, 3.8) is 0 Å². The Labute approximate surface area is 210 Å².